The Bertz CT molecular complexity index is 519. The number of aliphatic carboxylic acids is 1. The topological polar surface area (TPSA) is 76.1 Å². The molecule has 0 aromatic heterocycles. The van der Waals surface area contributed by atoms with Crippen LogP contribution >= 0.6 is 11.6 Å². The molecule has 1 saturated heterocycles. The monoisotopic (exact) mass is 327 g/mol. The Morgan fingerprint density at radius 3 is 2.77 bits per heavy atom. The number of carboxylic acid groups (broad SMARTS) is 1. The lowest BCUT2D eigenvalue weighted by molar-refractivity contribution is -0.159. The van der Waals surface area contributed by atoms with E-state index >= 15 is 0 Å². The molecule has 0 aliphatic carbocycles. The number of nitrogens with zero attached hydrogens (tertiary/aromatic N) is 1. The Morgan fingerprint density at radius 2 is 2.09 bits per heavy atom. The zero-order chi connectivity index (χ0) is 15.9. The summed E-state index contributed by atoms with van der Waals surface area (Å²) < 4.78 is 10.6. The number of rotatable bonds is 6. The normalized spacial score (nSPS) is 18.0. The summed E-state index contributed by atoms with van der Waals surface area (Å²) in [5, 5.41) is 9.55. The van der Waals surface area contributed by atoms with Crippen LogP contribution in [0, 0.1) is 0 Å². The number of benzene rings is 1. The van der Waals surface area contributed by atoms with Crippen LogP contribution in [0.4, 0.5) is 0 Å². The van der Waals surface area contributed by atoms with Gasteiger partial charge in [-0.25, -0.2) is 4.79 Å². The highest BCUT2D eigenvalue weighted by Crippen LogP contribution is 2.16. The minimum atomic E-state index is -1.04. The second-order valence-electron chi connectivity index (χ2n) is 4.94. The molecular formula is C15H18ClNO5. The van der Waals surface area contributed by atoms with Crippen LogP contribution in [0.3, 0.4) is 0 Å². The van der Waals surface area contributed by atoms with Gasteiger partial charge in [-0.15, -0.1) is 0 Å². The van der Waals surface area contributed by atoms with Gasteiger partial charge in [0.2, 0.25) is 5.91 Å². The van der Waals surface area contributed by atoms with Crippen LogP contribution < -0.4 is 4.74 Å². The first-order valence-corrected chi connectivity index (χ1v) is 7.44. The molecule has 7 heteroatoms. The fourth-order valence-electron chi connectivity index (χ4n) is 2.13. The molecule has 1 aliphatic rings. The van der Waals surface area contributed by atoms with Crippen molar-refractivity contribution in [3.05, 3.63) is 29.3 Å². The Hall–Kier alpha value is -1.79. The van der Waals surface area contributed by atoms with Gasteiger partial charge in [0.1, 0.15) is 5.75 Å². The predicted octanol–water partition coefficient (Wildman–Crippen LogP) is 1.81. The highest BCUT2D eigenvalue weighted by molar-refractivity contribution is 6.30. The standard InChI is InChI=1S/C15H18ClNO5/c16-11-3-5-12(6-4-11)21-8-1-2-14(18)17-7-9-22-13(10-17)15(19)20/h3-6,13H,1-2,7-10H2,(H,19,20)/t13-/m0/s1. The number of carboxylic acids is 1. The lowest BCUT2D eigenvalue weighted by atomic mass is 10.2. The first-order chi connectivity index (χ1) is 10.6. The Kier molecular flexibility index (Phi) is 6.03. The van der Waals surface area contributed by atoms with Gasteiger partial charge < -0.3 is 19.5 Å². The van der Waals surface area contributed by atoms with Gasteiger partial charge in [-0.2, -0.15) is 0 Å². The van der Waals surface area contributed by atoms with Gasteiger partial charge in [0.15, 0.2) is 6.10 Å². The second kappa shape index (κ2) is 8.00. The largest absolute Gasteiger partial charge is 0.494 e. The van der Waals surface area contributed by atoms with E-state index in [2.05, 4.69) is 0 Å². The highest BCUT2D eigenvalue weighted by atomic mass is 35.5. The molecule has 1 heterocycles. The third kappa shape index (κ3) is 4.89. The maximum Gasteiger partial charge on any atom is 0.334 e. The minimum Gasteiger partial charge on any atom is -0.494 e. The average Bonchev–Trinajstić information content (AvgIpc) is 2.53. The molecule has 1 atom stereocenters. The van der Waals surface area contributed by atoms with E-state index in [9.17, 15) is 9.59 Å². The predicted molar refractivity (Wildman–Crippen MR) is 80.1 cm³/mol. The molecule has 120 valence electrons. The summed E-state index contributed by atoms with van der Waals surface area (Å²) in [6.45, 7) is 1.21. The Morgan fingerprint density at radius 1 is 1.36 bits per heavy atom. The highest BCUT2D eigenvalue weighted by Gasteiger charge is 2.28. The van der Waals surface area contributed by atoms with Crippen LogP contribution in [-0.4, -0.2) is 54.3 Å². The van der Waals surface area contributed by atoms with Crippen molar-refractivity contribution in [3.8, 4) is 5.75 Å². The fraction of sp³-hybridized carbons (Fsp3) is 0.467. The first kappa shape index (κ1) is 16.6. The van der Waals surface area contributed by atoms with Gasteiger partial charge >= 0.3 is 5.97 Å². The molecule has 22 heavy (non-hydrogen) atoms. The Balaban J connectivity index is 1.69. The van der Waals surface area contributed by atoms with Gasteiger partial charge in [0.25, 0.3) is 0 Å². The van der Waals surface area contributed by atoms with E-state index in [4.69, 9.17) is 26.2 Å². The molecule has 2 rings (SSSR count). The minimum absolute atomic E-state index is 0.0748. The van der Waals surface area contributed by atoms with Crippen molar-refractivity contribution in [1.29, 1.82) is 0 Å². The van der Waals surface area contributed by atoms with E-state index in [1.807, 2.05) is 0 Å². The van der Waals surface area contributed by atoms with Crippen LogP contribution in [-0.2, 0) is 14.3 Å². The second-order valence-corrected chi connectivity index (χ2v) is 5.38. The number of morpholine rings is 1. The van der Waals surface area contributed by atoms with Crippen molar-refractivity contribution >= 4 is 23.5 Å². The SMILES string of the molecule is O=C(O)[C@@H]1CN(C(=O)CCCOc2ccc(Cl)cc2)CCO1. The molecule has 1 fully saturated rings. The number of carbonyl (C=O) groups is 2. The number of hydrogen-bond acceptors (Lipinski definition) is 4. The van der Waals surface area contributed by atoms with Crippen molar-refractivity contribution in [1.82, 2.24) is 4.90 Å². The van der Waals surface area contributed by atoms with E-state index in [0.29, 0.717) is 36.8 Å². The molecule has 6 nitrogen and oxygen atoms in total. The maximum atomic E-state index is 12.0. The number of amides is 1. The van der Waals surface area contributed by atoms with Crippen molar-refractivity contribution in [2.24, 2.45) is 0 Å². The molecule has 1 aliphatic heterocycles. The number of ether oxygens (including phenoxy) is 2. The fourth-order valence-corrected chi connectivity index (χ4v) is 2.25. The third-order valence-electron chi connectivity index (χ3n) is 3.31. The summed E-state index contributed by atoms with van der Waals surface area (Å²) in [5.74, 6) is -0.410. The van der Waals surface area contributed by atoms with Gasteiger partial charge in [-0.05, 0) is 30.7 Å². The molecule has 1 amide bonds. The van der Waals surface area contributed by atoms with Gasteiger partial charge in [0, 0.05) is 18.0 Å². The van der Waals surface area contributed by atoms with E-state index in [0.717, 1.165) is 0 Å². The third-order valence-corrected chi connectivity index (χ3v) is 3.56. The smallest absolute Gasteiger partial charge is 0.334 e. The quantitative estimate of drug-likeness (QED) is 0.806. The van der Waals surface area contributed by atoms with Crippen molar-refractivity contribution in [2.45, 2.75) is 18.9 Å². The number of carbonyl (C=O) groups excluding carboxylic acids is 1. The van der Waals surface area contributed by atoms with Crippen LogP contribution in [0.25, 0.3) is 0 Å². The lowest BCUT2D eigenvalue weighted by Gasteiger charge is -2.30. The number of hydrogen-bond donors (Lipinski definition) is 1. The van der Waals surface area contributed by atoms with Crippen LogP contribution in [0.1, 0.15) is 12.8 Å². The van der Waals surface area contributed by atoms with Crippen molar-refractivity contribution in [2.75, 3.05) is 26.3 Å². The van der Waals surface area contributed by atoms with E-state index in [-0.39, 0.29) is 19.1 Å². The van der Waals surface area contributed by atoms with Crippen molar-refractivity contribution < 1.29 is 24.2 Å². The molecular weight excluding hydrogens is 310 g/mol. The lowest BCUT2D eigenvalue weighted by Crippen LogP contribution is -2.48. The van der Waals surface area contributed by atoms with E-state index < -0.39 is 12.1 Å². The number of halogens is 1. The van der Waals surface area contributed by atoms with Gasteiger partial charge in [-0.3, -0.25) is 4.79 Å². The Labute approximate surface area is 133 Å². The summed E-state index contributed by atoms with van der Waals surface area (Å²) >= 11 is 5.78. The zero-order valence-electron chi connectivity index (χ0n) is 12.0. The summed E-state index contributed by atoms with van der Waals surface area (Å²) in [5.41, 5.74) is 0. The summed E-state index contributed by atoms with van der Waals surface area (Å²) in [4.78, 5) is 24.4. The molecule has 0 saturated carbocycles. The van der Waals surface area contributed by atoms with Crippen LogP contribution in [0.15, 0.2) is 24.3 Å². The molecule has 0 bridgehead atoms. The molecule has 0 unspecified atom stereocenters. The van der Waals surface area contributed by atoms with E-state index in [1.165, 1.54) is 4.90 Å². The first-order valence-electron chi connectivity index (χ1n) is 7.07. The van der Waals surface area contributed by atoms with Gasteiger partial charge in [-0.1, -0.05) is 11.6 Å². The van der Waals surface area contributed by atoms with Gasteiger partial charge in [0.05, 0.1) is 19.8 Å². The molecule has 0 radical (unpaired) electrons. The molecule has 1 aromatic carbocycles. The maximum absolute atomic E-state index is 12.0. The van der Waals surface area contributed by atoms with Crippen LogP contribution in [0.5, 0.6) is 5.75 Å². The summed E-state index contributed by atoms with van der Waals surface area (Å²) in [6.07, 6.45) is -0.0424. The van der Waals surface area contributed by atoms with E-state index in [1.54, 1.807) is 24.3 Å². The zero-order valence-corrected chi connectivity index (χ0v) is 12.8. The molecule has 1 N–H and O–H groups in total. The summed E-state index contributed by atoms with van der Waals surface area (Å²) in [7, 11) is 0. The van der Waals surface area contributed by atoms with Crippen LogP contribution in [0.2, 0.25) is 5.02 Å². The average molecular weight is 328 g/mol. The molecule has 1 aromatic rings. The summed E-state index contributed by atoms with van der Waals surface area (Å²) in [6, 6.07) is 7.01. The van der Waals surface area contributed by atoms with Crippen molar-refractivity contribution in [3.63, 3.8) is 0 Å². The molecule has 0 spiro atoms.